The summed E-state index contributed by atoms with van der Waals surface area (Å²) >= 11 is 0. The summed E-state index contributed by atoms with van der Waals surface area (Å²) in [7, 11) is 1.22. The smallest absolute Gasteiger partial charge is 0.360 e. The number of fused-ring (bicyclic) bond motifs is 1. The average Bonchev–Trinajstić information content (AvgIpc) is 3.42. The van der Waals surface area contributed by atoms with Crippen LogP contribution in [0.1, 0.15) is 37.0 Å². The number of carboxylic acids is 1. The lowest BCUT2D eigenvalue weighted by Gasteiger charge is -2.33. The van der Waals surface area contributed by atoms with Gasteiger partial charge >= 0.3 is 23.9 Å². The Labute approximate surface area is 247 Å². The number of benzene rings is 3. The van der Waals surface area contributed by atoms with Crippen LogP contribution in [0.25, 0.3) is 16.3 Å². The van der Waals surface area contributed by atoms with Gasteiger partial charge in [0.1, 0.15) is 11.8 Å². The largest absolute Gasteiger partial charge is 0.481 e. The molecule has 0 saturated heterocycles. The number of hydrogen-bond donors (Lipinski definition) is 2. The third-order valence-corrected chi connectivity index (χ3v) is 7.07. The number of amides is 2. The molecule has 43 heavy (non-hydrogen) atoms. The van der Waals surface area contributed by atoms with Crippen molar-refractivity contribution >= 4 is 46.3 Å². The summed E-state index contributed by atoms with van der Waals surface area (Å²) in [4.78, 5) is 60.7. The van der Waals surface area contributed by atoms with Crippen LogP contribution in [-0.2, 0) is 19.2 Å². The van der Waals surface area contributed by atoms with Gasteiger partial charge in [0.05, 0.1) is 24.6 Å². The molecular formula is C31H31N5O7. The lowest BCUT2D eigenvalue weighted by atomic mass is 9.93. The van der Waals surface area contributed by atoms with Crippen molar-refractivity contribution in [2.45, 2.75) is 44.6 Å². The number of oxime groups is 1. The van der Waals surface area contributed by atoms with E-state index in [1.54, 1.807) is 42.5 Å². The monoisotopic (exact) mass is 585 g/mol. The maximum absolute atomic E-state index is 14.0. The fourth-order valence-corrected chi connectivity index (χ4v) is 4.83. The van der Waals surface area contributed by atoms with E-state index in [0.29, 0.717) is 17.5 Å². The molecule has 3 aromatic rings. The van der Waals surface area contributed by atoms with Gasteiger partial charge in [-0.1, -0.05) is 67.5 Å². The van der Waals surface area contributed by atoms with Crippen LogP contribution in [0.3, 0.4) is 0 Å². The number of carbonyl (C=O) groups excluding carboxylic acids is 3. The lowest BCUT2D eigenvalue weighted by Crippen LogP contribution is -2.57. The van der Waals surface area contributed by atoms with E-state index in [9.17, 15) is 24.3 Å². The number of aliphatic carboxylic acids is 1. The standard InChI is InChI=1S/C31H31N5O7/c1-19(2)28(34-29(40)22-14-13-20-9-7-8-10-21(20)15-22)24-17-31(43-35-24,42-23-11-5-4-6-12-23)30(41)36(3)25(16-27(38)39)26(37)18-33-32/h4-15,18-19,25,28H,16-17H2,1-3H3,(H,34,40)(H,38,39)/t25-,28-,31?/m0/s1. The number of carbonyl (C=O) groups is 4. The van der Waals surface area contributed by atoms with E-state index < -0.39 is 42.0 Å². The number of ketones is 1. The Morgan fingerprint density at radius 3 is 2.42 bits per heavy atom. The molecule has 0 aromatic heterocycles. The highest BCUT2D eigenvalue weighted by atomic mass is 16.8. The summed E-state index contributed by atoms with van der Waals surface area (Å²) in [5, 5.41) is 18.4. The van der Waals surface area contributed by atoms with Gasteiger partial charge < -0.3 is 30.4 Å². The van der Waals surface area contributed by atoms with Crippen LogP contribution in [0.2, 0.25) is 0 Å². The van der Waals surface area contributed by atoms with Crippen LogP contribution in [0.15, 0.2) is 78.0 Å². The van der Waals surface area contributed by atoms with Gasteiger partial charge in [-0.3, -0.25) is 19.2 Å². The van der Waals surface area contributed by atoms with E-state index in [2.05, 4.69) is 15.3 Å². The van der Waals surface area contributed by atoms with Gasteiger partial charge in [0.2, 0.25) is 0 Å². The summed E-state index contributed by atoms with van der Waals surface area (Å²) in [6.45, 7) is 3.74. The Kier molecular flexibility index (Phi) is 9.32. The predicted molar refractivity (Wildman–Crippen MR) is 156 cm³/mol. The molecule has 3 atom stereocenters. The molecule has 2 N–H and O–H groups in total. The fraction of sp³-hybridized carbons (Fsp3) is 0.290. The molecule has 12 nitrogen and oxygen atoms in total. The molecule has 4 rings (SSSR count). The quantitative estimate of drug-likeness (QED) is 0.186. The first-order valence-corrected chi connectivity index (χ1v) is 13.5. The zero-order valence-electron chi connectivity index (χ0n) is 23.8. The Balaban J connectivity index is 1.63. The number of carboxylic acid groups (broad SMARTS) is 1. The molecule has 0 saturated carbocycles. The summed E-state index contributed by atoms with van der Waals surface area (Å²) in [5.74, 6) is -5.59. The van der Waals surface area contributed by atoms with Crippen LogP contribution >= 0.6 is 0 Å². The van der Waals surface area contributed by atoms with E-state index in [-0.39, 0.29) is 24.0 Å². The van der Waals surface area contributed by atoms with Crippen molar-refractivity contribution in [3.05, 3.63) is 83.9 Å². The second-order valence-corrected chi connectivity index (χ2v) is 10.5. The van der Waals surface area contributed by atoms with Crippen molar-refractivity contribution in [3.8, 4) is 5.75 Å². The second kappa shape index (κ2) is 13.1. The molecule has 1 unspecified atom stereocenters. The zero-order valence-corrected chi connectivity index (χ0v) is 23.8. The van der Waals surface area contributed by atoms with Gasteiger partial charge in [-0.05, 0) is 41.0 Å². The van der Waals surface area contributed by atoms with Gasteiger partial charge in [-0.2, -0.15) is 4.79 Å². The Morgan fingerprint density at radius 1 is 1.09 bits per heavy atom. The first-order valence-electron chi connectivity index (χ1n) is 13.5. The van der Waals surface area contributed by atoms with Crippen LogP contribution < -0.4 is 10.1 Å². The highest BCUT2D eigenvalue weighted by Gasteiger charge is 2.54. The van der Waals surface area contributed by atoms with Crippen LogP contribution in [-0.4, -0.2) is 75.2 Å². The Bertz CT molecular complexity index is 1620. The molecule has 0 radical (unpaired) electrons. The van der Waals surface area contributed by atoms with E-state index in [1.165, 1.54) is 7.05 Å². The Morgan fingerprint density at radius 2 is 1.77 bits per heavy atom. The minimum atomic E-state index is -2.13. The molecule has 1 heterocycles. The van der Waals surface area contributed by atoms with Gasteiger partial charge in [-0.25, -0.2) is 0 Å². The van der Waals surface area contributed by atoms with Crippen molar-refractivity contribution in [2.75, 3.05) is 7.05 Å². The molecule has 3 aromatic carbocycles. The molecule has 0 fully saturated rings. The van der Waals surface area contributed by atoms with Gasteiger partial charge in [0.25, 0.3) is 11.7 Å². The molecule has 222 valence electrons. The Hall–Kier alpha value is -5.35. The molecule has 0 spiro atoms. The molecule has 12 heteroatoms. The predicted octanol–water partition coefficient (Wildman–Crippen LogP) is 3.32. The maximum atomic E-state index is 14.0. The topological polar surface area (TPSA) is 171 Å². The van der Waals surface area contributed by atoms with Gasteiger partial charge in [-0.15, -0.1) is 0 Å². The van der Waals surface area contributed by atoms with Crippen LogP contribution in [0.5, 0.6) is 5.75 Å². The van der Waals surface area contributed by atoms with Crippen molar-refractivity contribution in [1.82, 2.24) is 10.2 Å². The lowest BCUT2D eigenvalue weighted by molar-refractivity contribution is -0.197. The van der Waals surface area contributed by atoms with Crippen LogP contribution in [0.4, 0.5) is 0 Å². The van der Waals surface area contributed by atoms with E-state index in [1.807, 2.05) is 44.2 Å². The number of hydrogen-bond acceptors (Lipinski definition) is 7. The van der Waals surface area contributed by atoms with Gasteiger partial charge in [0, 0.05) is 12.6 Å². The number of para-hydroxylation sites is 1. The third kappa shape index (κ3) is 6.94. The minimum absolute atomic E-state index is 0.186. The summed E-state index contributed by atoms with van der Waals surface area (Å²) in [6, 6.07) is 19.1. The number of ether oxygens (including phenoxy) is 1. The molecule has 0 aliphatic carbocycles. The van der Waals surface area contributed by atoms with Crippen molar-refractivity contribution in [2.24, 2.45) is 11.1 Å². The summed E-state index contributed by atoms with van der Waals surface area (Å²) < 4.78 is 6.06. The van der Waals surface area contributed by atoms with Crippen LogP contribution in [0, 0.1) is 5.92 Å². The average molecular weight is 586 g/mol. The molecule has 1 aliphatic heterocycles. The number of Topliss-reactive ketones (excluding diaryl/α,β-unsaturated/α-hetero) is 1. The summed E-state index contributed by atoms with van der Waals surface area (Å²) in [5.41, 5.74) is 9.59. The number of nitrogens with zero attached hydrogens (tertiary/aromatic N) is 4. The molecule has 1 aliphatic rings. The van der Waals surface area contributed by atoms with Crippen molar-refractivity contribution in [1.29, 1.82) is 0 Å². The molecule has 2 amide bonds. The van der Waals surface area contributed by atoms with Crippen molar-refractivity contribution < 1.29 is 38.6 Å². The summed E-state index contributed by atoms with van der Waals surface area (Å²) in [6.07, 6.45) is -0.483. The number of likely N-dealkylation sites (N-methyl/N-ethyl adjacent to an activating group) is 1. The zero-order chi connectivity index (χ0) is 31.1. The normalized spacial score (nSPS) is 17.2. The van der Waals surface area contributed by atoms with Crippen molar-refractivity contribution in [3.63, 3.8) is 0 Å². The van der Waals surface area contributed by atoms with E-state index in [4.69, 9.17) is 15.1 Å². The second-order valence-electron chi connectivity index (χ2n) is 10.5. The first-order chi connectivity index (χ1) is 20.5. The minimum Gasteiger partial charge on any atom is -0.481 e. The molecule has 0 bridgehead atoms. The number of nitrogens with one attached hydrogen (secondary N) is 1. The number of rotatable bonds is 12. The fourth-order valence-electron chi connectivity index (χ4n) is 4.83. The van der Waals surface area contributed by atoms with Gasteiger partial charge in [0.15, 0.2) is 0 Å². The highest BCUT2D eigenvalue weighted by Crippen LogP contribution is 2.33. The highest BCUT2D eigenvalue weighted by molar-refractivity contribution is 6.28. The first kappa shape index (κ1) is 30.6. The SMILES string of the molecule is CC(C)[C@H](NC(=O)c1ccc2ccccc2c1)C1=NOC(Oc2ccccc2)(C(=O)N(C)[C@@H](CC(=O)O)C(=O)C=[N+]=[N-])C1. The van der Waals surface area contributed by atoms with E-state index >= 15 is 0 Å². The maximum Gasteiger partial charge on any atom is 0.360 e. The van der Waals surface area contributed by atoms with E-state index in [0.717, 1.165) is 15.7 Å². The molecular weight excluding hydrogens is 554 g/mol. The third-order valence-electron chi connectivity index (χ3n) is 7.07.